The monoisotopic (exact) mass is 450 g/mol. The smallest absolute Gasteiger partial charge is 0.572 e. The molecule has 0 saturated heterocycles. The van der Waals surface area contributed by atoms with Gasteiger partial charge in [-0.25, -0.2) is 0 Å². The summed E-state index contributed by atoms with van der Waals surface area (Å²) in [7, 11) is 0. The van der Waals surface area contributed by atoms with Crippen LogP contribution in [-0.2, 0) is 19.8 Å². The Labute approximate surface area is 177 Å². The van der Waals surface area contributed by atoms with Crippen molar-refractivity contribution < 1.29 is 39.9 Å². The van der Waals surface area contributed by atoms with E-state index in [1.807, 2.05) is 0 Å². The highest BCUT2D eigenvalue weighted by molar-refractivity contribution is 6.39. The molecular formula is C18H15AlO12. The minimum atomic E-state index is -3.74. The van der Waals surface area contributed by atoms with Crippen molar-refractivity contribution in [3.05, 3.63) is 84.9 Å². The van der Waals surface area contributed by atoms with Crippen molar-refractivity contribution >= 4 is 15.1 Å². The lowest BCUT2D eigenvalue weighted by Crippen LogP contribution is -2.41. The van der Waals surface area contributed by atoms with E-state index in [0.29, 0.717) is 0 Å². The molecule has 0 spiro atoms. The summed E-state index contributed by atoms with van der Waals surface area (Å²) in [6.07, 6.45) is 3.10. The minimum Gasteiger partial charge on any atom is -0.572 e. The topological polar surface area (TPSA) is 179 Å². The minimum absolute atomic E-state index is 0.262. The first-order chi connectivity index (χ1) is 15.0. The summed E-state index contributed by atoms with van der Waals surface area (Å²) < 4.78 is 31.5. The number of aliphatic hydroxyl groups excluding tert-OH is 3. The molecule has 31 heavy (non-hydrogen) atoms. The summed E-state index contributed by atoms with van der Waals surface area (Å²) in [5.74, 6) is -2.21. The van der Waals surface area contributed by atoms with E-state index in [-0.39, 0.29) is 17.3 Å². The average Bonchev–Trinajstić information content (AvgIpc) is 2.77. The molecule has 0 amide bonds. The Morgan fingerprint density at radius 2 is 0.903 bits per heavy atom. The van der Waals surface area contributed by atoms with Crippen LogP contribution in [0.2, 0.25) is 0 Å². The first-order valence-electron chi connectivity index (χ1n) is 8.63. The summed E-state index contributed by atoms with van der Waals surface area (Å²) in [5, 5.41) is 28.2. The third kappa shape index (κ3) is 5.05. The summed E-state index contributed by atoms with van der Waals surface area (Å²) in [4.78, 5) is 36.6. The third-order valence-corrected chi connectivity index (χ3v) is 5.08. The highest BCUT2D eigenvalue weighted by atomic mass is 27.3. The van der Waals surface area contributed by atoms with Gasteiger partial charge in [0.25, 0.3) is 0 Å². The van der Waals surface area contributed by atoms with E-state index in [4.69, 9.17) is 24.6 Å². The number of rotatable bonds is 9. The number of aliphatic hydroxyl groups is 3. The molecule has 0 bridgehead atoms. The molecule has 12 nitrogen and oxygen atoms in total. The third-order valence-electron chi connectivity index (χ3n) is 3.79. The van der Waals surface area contributed by atoms with Crippen LogP contribution < -0.4 is 27.7 Å². The molecule has 3 heterocycles. The molecule has 0 aliphatic rings. The van der Waals surface area contributed by atoms with Gasteiger partial charge < -0.3 is 39.9 Å². The van der Waals surface area contributed by atoms with E-state index < -0.39 is 68.5 Å². The molecule has 0 fully saturated rings. The van der Waals surface area contributed by atoms with Gasteiger partial charge >= 0.3 is 15.1 Å². The normalized spacial score (nSPS) is 10.5. The molecule has 3 rings (SSSR count). The zero-order chi connectivity index (χ0) is 22.4. The first kappa shape index (κ1) is 22.3. The van der Waals surface area contributed by atoms with Crippen LogP contribution in [0.15, 0.2) is 64.6 Å². The second-order valence-corrected chi connectivity index (χ2v) is 7.01. The molecule has 0 aliphatic heterocycles. The van der Waals surface area contributed by atoms with E-state index in [2.05, 4.69) is 0 Å². The molecule has 0 atom stereocenters. The van der Waals surface area contributed by atoms with Gasteiger partial charge in [0.15, 0.2) is 34.5 Å². The Balaban J connectivity index is 2.06. The maximum absolute atomic E-state index is 12.2. The van der Waals surface area contributed by atoms with E-state index in [9.17, 15) is 29.7 Å². The van der Waals surface area contributed by atoms with Gasteiger partial charge in [0.1, 0.15) is 19.8 Å². The van der Waals surface area contributed by atoms with Gasteiger partial charge in [0.2, 0.25) is 16.3 Å². The summed E-state index contributed by atoms with van der Waals surface area (Å²) in [6, 6.07) is 3.02. The lowest BCUT2D eigenvalue weighted by molar-refractivity contribution is 0.214. The molecule has 13 heteroatoms. The predicted octanol–water partition coefficient (Wildman–Crippen LogP) is -0.455. The Morgan fingerprint density at radius 3 is 1.16 bits per heavy atom. The molecule has 0 radical (unpaired) electrons. The highest BCUT2D eigenvalue weighted by Crippen LogP contribution is 2.20. The predicted molar refractivity (Wildman–Crippen MR) is 100 cm³/mol. The fourth-order valence-electron chi connectivity index (χ4n) is 2.39. The van der Waals surface area contributed by atoms with Gasteiger partial charge in [0, 0.05) is 18.2 Å². The van der Waals surface area contributed by atoms with Crippen molar-refractivity contribution in [3.63, 3.8) is 0 Å². The summed E-state index contributed by atoms with van der Waals surface area (Å²) in [6.45, 7) is -2.13. The van der Waals surface area contributed by atoms with Gasteiger partial charge in [-0.05, 0) is 0 Å². The quantitative estimate of drug-likeness (QED) is 0.358. The van der Waals surface area contributed by atoms with Crippen molar-refractivity contribution in [1.29, 1.82) is 0 Å². The average molecular weight is 450 g/mol. The van der Waals surface area contributed by atoms with Crippen LogP contribution in [0.25, 0.3) is 0 Å². The van der Waals surface area contributed by atoms with Crippen LogP contribution in [-0.4, -0.2) is 30.5 Å². The molecule has 0 aromatic carbocycles. The SMILES string of the molecule is O=c1ccoc(CO)c1[O][Al]([O]c1c(CO)occc1=O)[O]c1c(CO)occc1=O. The standard InChI is InChI=1S/3C6H6O4.Al/c3*7-3-5-6(9)4(8)1-2-10-5;/h3*1-2,7,9H,3H2;/q;;;+3/p-3. The Kier molecular flexibility index (Phi) is 7.29. The lowest BCUT2D eigenvalue weighted by atomic mass is 10.3. The number of hydrogen-bond acceptors (Lipinski definition) is 12. The molecule has 0 saturated carbocycles. The number of hydrogen-bond donors (Lipinski definition) is 3. The van der Waals surface area contributed by atoms with E-state index >= 15 is 0 Å². The van der Waals surface area contributed by atoms with Crippen molar-refractivity contribution in [3.8, 4) is 17.2 Å². The Bertz CT molecular complexity index is 1060. The zero-order valence-electron chi connectivity index (χ0n) is 15.7. The summed E-state index contributed by atoms with van der Waals surface area (Å²) >= 11 is -3.74. The molecule has 162 valence electrons. The van der Waals surface area contributed by atoms with E-state index in [0.717, 1.165) is 37.0 Å². The van der Waals surface area contributed by atoms with Crippen LogP contribution in [0.4, 0.5) is 0 Å². The van der Waals surface area contributed by atoms with Gasteiger partial charge in [-0.3, -0.25) is 14.4 Å². The van der Waals surface area contributed by atoms with Crippen molar-refractivity contribution in [1.82, 2.24) is 0 Å². The van der Waals surface area contributed by atoms with Crippen LogP contribution in [0.3, 0.4) is 0 Å². The summed E-state index contributed by atoms with van der Waals surface area (Å²) in [5.41, 5.74) is -2.11. The molecule has 3 N–H and O–H groups in total. The van der Waals surface area contributed by atoms with Gasteiger partial charge in [-0.2, -0.15) is 0 Å². The van der Waals surface area contributed by atoms with E-state index in [1.54, 1.807) is 0 Å². The highest BCUT2D eigenvalue weighted by Gasteiger charge is 2.48. The van der Waals surface area contributed by atoms with Crippen LogP contribution in [0, 0.1) is 0 Å². The van der Waals surface area contributed by atoms with E-state index in [1.165, 1.54) is 0 Å². The van der Waals surface area contributed by atoms with Crippen LogP contribution >= 0.6 is 0 Å². The molecule has 3 aromatic heterocycles. The van der Waals surface area contributed by atoms with Gasteiger partial charge in [-0.15, -0.1) is 0 Å². The van der Waals surface area contributed by atoms with Crippen LogP contribution in [0.5, 0.6) is 17.2 Å². The molecule has 0 unspecified atom stereocenters. The Hall–Kier alpha value is -3.34. The first-order valence-corrected chi connectivity index (χ1v) is 10.0. The van der Waals surface area contributed by atoms with Gasteiger partial charge in [-0.1, -0.05) is 0 Å². The van der Waals surface area contributed by atoms with Crippen molar-refractivity contribution in [2.45, 2.75) is 19.8 Å². The molecule has 0 aliphatic carbocycles. The fraction of sp³-hybridized carbons (Fsp3) is 0.167. The second kappa shape index (κ2) is 10.1. The lowest BCUT2D eigenvalue weighted by Gasteiger charge is -2.17. The fourth-order valence-corrected chi connectivity index (χ4v) is 3.86. The van der Waals surface area contributed by atoms with Crippen molar-refractivity contribution in [2.75, 3.05) is 0 Å². The van der Waals surface area contributed by atoms with Crippen molar-refractivity contribution in [2.24, 2.45) is 0 Å². The zero-order valence-corrected chi connectivity index (χ0v) is 16.8. The Morgan fingerprint density at radius 1 is 0.613 bits per heavy atom. The maximum atomic E-state index is 12.2. The second-order valence-electron chi connectivity index (χ2n) is 5.73. The van der Waals surface area contributed by atoms with Gasteiger partial charge in [0.05, 0.1) is 18.8 Å². The largest absolute Gasteiger partial charge is 1.20 e. The van der Waals surface area contributed by atoms with Crippen LogP contribution in [0.1, 0.15) is 17.3 Å². The molecular weight excluding hydrogens is 435 g/mol. The molecule has 3 aromatic rings. The maximum Gasteiger partial charge on any atom is 1.20 e.